The molecule has 2 aromatic heterocycles. The van der Waals surface area contributed by atoms with Crippen LogP contribution in [0.3, 0.4) is 0 Å². The van der Waals surface area contributed by atoms with Crippen LogP contribution in [0.2, 0.25) is 5.28 Å². The lowest BCUT2D eigenvalue weighted by molar-refractivity contribution is 0.100. The molecule has 0 saturated heterocycles. The van der Waals surface area contributed by atoms with Crippen molar-refractivity contribution in [3.05, 3.63) is 39.3 Å². The van der Waals surface area contributed by atoms with E-state index in [-0.39, 0.29) is 34.0 Å². The number of aromatic amines is 1. The molecule has 0 spiro atoms. The van der Waals surface area contributed by atoms with Crippen LogP contribution in [0, 0.1) is 0 Å². The smallest absolute Gasteiger partial charge is 0.346 e. The lowest BCUT2D eigenvalue weighted by Crippen LogP contribution is -2.15. The Kier molecular flexibility index (Phi) is 15.3. The highest BCUT2D eigenvalue weighted by Crippen LogP contribution is 2.10. The van der Waals surface area contributed by atoms with E-state index < -0.39 is 5.69 Å². The highest BCUT2D eigenvalue weighted by atomic mass is 128. The first kappa shape index (κ1) is 26.9. The summed E-state index contributed by atoms with van der Waals surface area (Å²) in [5.41, 5.74) is 10.7. The van der Waals surface area contributed by atoms with Crippen LogP contribution < -0.4 is 17.2 Å². The molecule has 0 aliphatic heterocycles. The van der Waals surface area contributed by atoms with Gasteiger partial charge in [0.25, 0.3) is 0 Å². The number of aromatic nitrogens is 4. The molecule has 2 rings (SSSR count). The van der Waals surface area contributed by atoms with E-state index in [9.17, 15) is 14.4 Å². The van der Waals surface area contributed by atoms with Gasteiger partial charge in [-0.2, -0.15) is 0 Å². The van der Waals surface area contributed by atoms with Crippen molar-refractivity contribution in [1.29, 1.82) is 0 Å². The summed E-state index contributed by atoms with van der Waals surface area (Å²) in [6, 6.07) is 0. The summed E-state index contributed by atoms with van der Waals surface area (Å²) in [6.45, 7) is 6.74. The van der Waals surface area contributed by atoms with Crippen molar-refractivity contribution in [3.63, 3.8) is 0 Å². The van der Waals surface area contributed by atoms with Crippen molar-refractivity contribution in [2.75, 3.05) is 11.5 Å². The average molecular weight is 609 g/mol. The minimum atomic E-state index is -0.549. The number of hydrogen-bond donors (Lipinski definition) is 3. The minimum Gasteiger partial charge on any atom is -0.384 e. The van der Waals surface area contributed by atoms with Gasteiger partial charge >= 0.3 is 5.69 Å². The van der Waals surface area contributed by atoms with Crippen LogP contribution >= 0.6 is 48.8 Å². The third-order valence-electron chi connectivity index (χ3n) is 2.39. The SMILES string of the molecule is CC.CC(=O)c1cnc(=O)[nH]c1N.CC(=O)c1cnc(Cl)nc1N.II. The number of nitrogen functional groups attached to an aromatic ring is 2. The van der Waals surface area contributed by atoms with E-state index in [0.717, 1.165) is 6.20 Å². The fourth-order valence-electron chi connectivity index (χ4n) is 1.33. The fraction of sp³-hybridized carbons (Fsp3) is 0.286. The molecule has 0 amide bonds. The number of nitrogens with two attached hydrogens (primary N) is 2. The maximum atomic E-state index is 10.8. The largest absolute Gasteiger partial charge is 0.384 e. The predicted molar refractivity (Wildman–Crippen MR) is 120 cm³/mol. The lowest BCUT2D eigenvalue weighted by Gasteiger charge is -1.98. The van der Waals surface area contributed by atoms with Gasteiger partial charge in [-0.05, 0) is 25.4 Å². The summed E-state index contributed by atoms with van der Waals surface area (Å²) in [6.07, 6.45) is 2.48. The van der Waals surface area contributed by atoms with E-state index >= 15 is 0 Å². The van der Waals surface area contributed by atoms with Crippen LogP contribution in [0.4, 0.5) is 11.6 Å². The van der Waals surface area contributed by atoms with Crippen molar-refractivity contribution < 1.29 is 9.59 Å². The second kappa shape index (κ2) is 14.8. The molecule has 2 heterocycles. The van der Waals surface area contributed by atoms with Crippen LogP contribution in [-0.2, 0) is 0 Å². The molecule has 12 heteroatoms. The van der Waals surface area contributed by atoms with Gasteiger partial charge in [0, 0.05) is 49.6 Å². The molecule has 0 unspecified atom stereocenters. The molecule has 0 aliphatic rings. The summed E-state index contributed by atoms with van der Waals surface area (Å²) in [5.74, 6) is -0.194. The molecular weight excluding hydrogens is 589 g/mol. The zero-order chi connectivity index (χ0) is 20.9. The highest BCUT2D eigenvalue weighted by Gasteiger charge is 2.06. The van der Waals surface area contributed by atoms with Gasteiger partial charge in [-0.3, -0.25) is 14.6 Å². The highest BCUT2D eigenvalue weighted by molar-refractivity contribution is 15.0. The van der Waals surface area contributed by atoms with Crippen molar-refractivity contribution in [1.82, 2.24) is 19.9 Å². The van der Waals surface area contributed by atoms with Gasteiger partial charge in [-0.1, -0.05) is 13.8 Å². The summed E-state index contributed by atoms with van der Waals surface area (Å²) in [4.78, 5) is 44.8. The Morgan fingerprint density at radius 1 is 1.04 bits per heavy atom. The molecule has 144 valence electrons. The molecule has 0 atom stereocenters. The number of carbonyl (C=O) groups is 2. The van der Waals surface area contributed by atoms with Crippen LogP contribution in [0.5, 0.6) is 0 Å². The third kappa shape index (κ3) is 9.96. The number of hydrogen-bond acceptors (Lipinski definition) is 8. The van der Waals surface area contributed by atoms with E-state index in [1.165, 1.54) is 20.0 Å². The van der Waals surface area contributed by atoms with Gasteiger partial charge in [0.05, 0.1) is 11.1 Å². The number of nitrogens with zero attached hydrogens (tertiary/aromatic N) is 3. The van der Waals surface area contributed by atoms with E-state index in [2.05, 4.69) is 57.2 Å². The van der Waals surface area contributed by atoms with Gasteiger partial charge in [-0.25, -0.2) is 19.7 Å². The van der Waals surface area contributed by atoms with E-state index in [0.29, 0.717) is 5.56 Å². The molecule has 0 aliphatic carbocycles. The summed E-state index contributed by atoms with van der Waals surface area (Å²) in [5, 5.41) is 0.0486. The van der Waals surface area contributed by atoms with Crippen LogP contribution in [0.15, 0.2) is 17.2 Å². The fourth-order valence-corrected chi connectivity index (χ4v) is 1.47. The summed E-state index contributed by atoms with van der Waals surface area (Å²) < 4.78 is 0. The molecule has 0 saturated carbocycles. The van der Waals surface area contributed by atoms with Gasteiger partial charge < -0.3 is 11.5 Å². The van der Waals surface area contributed by atoms with Gasteiger partial charge in [0.2, 0.25) is 5.28 Å². The van der Waals surface area contributed by atoms with Gasteiger partial charge in [0.15, 0.2) is 11.6 Å². The molecular formula is C14H19ClI2N6O3. The molecule has 0 aromatic carbocycles. The molecule has 2 aromatic rings. The quantitative estimate of drug-likeness (QED) is 0.266. The average Bonchev–Trinajstić information content (AvgIpc) is 2.58. The van der Waals surface area contributed by atoms with E-state index in [4.69, 9.17) is 23.1 Å². The topological polar surface area (TPSA) is 158 Å². The zero-order valence-electron chi connectivity index (χ0n) is 14.5. The predicted octanol–water partition coefficient (Wildman–Crippen LogP) is 3.27. The number of ketones is 2. The van der Waals surface area contributed by atoms with Crippen molar-refractivity contribution in [2.24, 2.45) is 0 Å². The number of nitrogens with one attached hydrogen (secondary N) is 1. The minimum absolute atomic E-state index is 0.0486. The number of Topliss-reactive ketones (excluding diaryl/α,β-unsaturated/α-hetero) is 2. The third-order valence-corrected chi connectivity index (χ3v) is 2.57. The molecule has 0 radical (unpaired) electrons. The monoisotopic (exact) mass is 608 g/mol. The van der Waals surface area contributed by atoms with Crippen molar-refractivity contribution in [3.8, 4) is 0 Å². The van der Waals surface area contributed by atoms with Gasteiger partial charge in [-0.15, -0.1) is 0 Å². The molecule has 0 fully saturated rings. The van der Waals surface area contributed by atoms with Crippen molar-refractivity contribution in [2.45, 2.75) is 27.7 Å². The number of halogens is 3. The molecule has 9 nitrogen and oxygen atoms in total. The second-order valence-corrected chi connectivity index (χ2v) is 4.40. The Bertz CT molecular complexity index is 786. The van der Waals surface area contributed by atoms with E-state index in [1.54, 1.807) is 0 Å². The maximum absolute atomic E-state index is 10.8. The Morgan fingerprint density at radius 2 is 1.50 bits per heavy atom. The molecule has 5 N–H and O–H groups in total. The zero-order valence-corrected chi connectivity index (χ0v) is 19.6. The number of carbonyl (C=O) groups excluding carboxylic acids is 2. The van der Waals surface area contributed by atoms with Crippen molar-refractivity contribution >= 4 is 72.0 Å². The Hall–Kier alpha value is -1.35. The Morgan fingerprint density at radius 3 is 1.88 bits per heavy atom. The Balaban J connectivity index is 0. The summed E-state index contributed by atoms with van der Waals surface area (Å²) in [7, 11) is 0. The maximum Gasteiger partial charge on any atom is 0.346 e. The van der Waals surface area contributed by atoms with Crippen LogP contribution in [-0.4, -0.2) is 31.5 Å². The van der Waals surface area contributed by atoms with Crippen LogP contribution in [0.1, 0.15) is 48.4 Å². The summed E-state index contributed by atoms with van der Waals surface area (Å²) >= 11 is 9.65. The lowest BCUT2D eigenvalue weighted by atomic mass is 10.2. The number of H-pyrrole nitrogens is 1. The standard InChI is InChI=1S/C6H6ClN3O.C6H7N3O2.C2H6.I2/c1-3(11)4-2-9-6(7)10-5(4)8;1-3(10)4-2-8-6(11)9-5(4)7;2*1-2/h2H,1H3,(H2,8,9,10);2H,1H3,(H3,7,8,9,11);1-2H3;. The van der Waals surface area contributed by atoms with E-state index in [1.807, 2.05) is 13.8 Å². The number of rotatable bonds is 2. The Labute approximate surface area is 179 Å². The normalized spacial score (nSPS) is 8.58. The first-order chi connectivity index (χ1) is 12.2. The van der Waals surface area contributed by atoms with Crippen LogP contribution in [0.25, 0.3) is 0 Å². The second-order valence-electron chi connectivity index (χ2n) is 4.07. The first-order valence-electron chi connectivity index (χ1n) is 7.01. The molecule has 0 bridgehead atoms. The first-order valence-corrected chi connectivity index (χ1v) is 13.7. The molecule has 26 heavy (non-hydrogen) atoms. The number of anilines is 2. The van der Waals surface area contributed by atoms with Gasteiger partial charge in [0.1, 0.15) is 11.6 Å².